The molecule has 5 heteroatoms. The van der Waals surface area contributed by atoms with Crippen molar-refractivity contribution in [1.29, 1.82) is 0 Å². The molecule has 3 nitrogen and oxygen atoms in total. The summed E-state index contributed by atoms with van der Waals surface area (Å²) in [6.45, 7) is 7.74. The molecule has 0 fully saturated rings. The second-order valence-electron chi connectivity index (χ2n) is 2.62. The van der Waals surface area contributed by atoms with Crippen LogP contribution in [0.15, 0.2) is 0 Å². The lowest BCUT2D eigenvalue weighted by Crippen LogP contribution is -2.05. The Bertz CT molecular complexity index is 89.8. The highest BCUT2D eigenvalue weighted by atomic mass is 31.2. The molecule has 0 aliphatic heterocycles. The van der Waals surface area contributed by atoms with Gasteiger partial charge in [0.1, 0.15) is 0 Å². The molecule has 0 bridgehead atoms. The van der Waals surface area contributed by atoms with Crippen molar-refractivity contribution in [2.24, 2.45) is 0 Å². The summed E-state index contributed by atoms with van der Waals surface area (Å²) in [5.74, 6) is 0. The lowest BCUT2D eigenvalue weighted by atomic mass is 10.5. The van der Waals surface area contributed by atoms with Gasteiger partial charge in [-0.05, 0) is 27.7 Å². The van der Waals surface area contributed by atoms with Gasteiger partial charge in [-0.3, -0.25) is 0 Å². The van der Waals surface area contributed by atoms with Crippen LogP contribution in [0.5, 0.6) is 0 Å². The number of hydrogen-bond acceptors (Lipinski definition) is 3. The van der Waals surface area contributed by atoms with Crippen LogP contribution >= 0.6 is 8.60 Å². The van der Waals surface area contributed by atoms with Gasteiger partial charge in [-0.2, -0.15) is 0 Å². The van der Waals surface area contributed by atoms with Crippen molar-refractivity contribution >= 4 is 19.1 Å². The first kappa shape index (κ1) is 11.5. The molecule has 0 aliphatic carbocycles. The Morgan fingerprint density at radius 2 is 1.36 bits per heavy atom. The first-order valence-corrected chi connectivity index (χ1v) is 5.04. The smallest absolute Gasteiger partial charge is 0.321 e. The molecule has 0 aliphatic rings. The summed E-state index contributed by atoms with van der Waals surface area (Å²) in [4.78, 5) is 0. The normalized spacial score (nSPS) is 12.0. The van der Waals surface area contributed by atoms with Gasteiger partial charge in [0.2, 0.25) is 0 Å². The van der Waals surface area contributed by atoms with Crippen molar-refractivity contribution in [2.75, 3.05) is 0 Å². The van der Waals surface area contributed by atoms with Crippen molar-refractivity contribution in [3.05, 3.63) is 0 Å². The van der Waals surface area contributed by atoms with E-state index in [2.05, 4.69) is 10.5 Å². The van der Waals surface area contributed by atoms with E-state index in [-0.39, 0.29) is 12.2 Å². The largest absolute Gasteiger partial charge is 0.356 e. The summed E-state index contributed by atoms with van der Waals surface area (Å²) >= 11 is 0. The summed E-state index contributed by atoms with van der Waals surface area (Å²) in [6.07, 6.45) is 0.243. The number of rotatable bonds is 5. The van der Waals surface area contributed by atoms with Crippen molar-refractivity contribution in [3.8, 4) is 0 Å². The molecule has 0 aromatic carbocycles. The summed E-state index contributed by atoms with van der Waals surface area (Å²) in [6, 6.07) is 0. The van der Waals surface area contributed by atoms with Crippen LogP contribution < -0.4 is 0 Å². The first-order valence-electron chi connectivity index (χ1n) is 3.53. The molecule has 65 valence electrons. The van der Waals surface area contributed by atoms with Crippen LogP contribution in [0.4, 0.5) is 0 Å². The summed E-state index contributed by atoms with van der Waals surface area (Å²) < 4.78 is 15.4. The molecule has 0 rings (SSSR count). The van der Waals surface area contributed by atoms with Crippen molar-refractivity contribution in [3.63, 3.8) is 0 Å². The van der Waals surface area contributed by atoms with E-state index in [1.165, 1.54) is 0 Å². The molecule has 0 saturated carbocycles. The predicted molar refractivity (Wildman–Crippen MR) is 46.2 cm³/mol. The second kappa shape index (κ2) is 6.09. The highest BCUT2D eigenvalue weighted by Crippen LogP contribution is 2.40. The van der Waals surface area contributed by atoms with E-state index in [0.717, 1.165) is 0 Å². The molecule has 0 aromatic rings. The van der Waals surface area contributed by atoms with Gasteiger partial charge in [0.15, 0.2) is 0 Å². The van der Waals surface area contributed by atoms with E-state index in [1.54, 1.807) is 0 Å². The Morgan fingerprint density at radius 1 is 1.00 bits per heavy atom. The van der Waals surface area contributed by atoms with Gasteiger partial charge in [0.05, 0.1) is 12.2 Å². The average molecular weight is 193 g/mol. The Balaban J connectivity index is 3.58. The van der Waals surface area contributed by atoms with E-state index < -0.39 is 8.60 Å². The fourth-order valence-corrected chi connectivity index (χ4v) is 1.49. The van der Waals surface area contributed by atoms with Gasteiger partial charge in [-0.1, -0.05) is 0 Å². The minimum Gasteiger partial charge on any atom is -0.356 e. The summed E-state index contributed by atoms with van der Waals surface area (Å²) in [5.41, 5.74) is 0. The molecule has 0 saturated heterocycles. The third-order valence-corrected chi connectivity index (χ3v) is 2.45. The molecule has 0 N–H and O–H groups in total. The van der Waals surface area contributed by atoms with Crippen LogP contribution in [0.2, 0.25) is 0 Å². The minimum absolute atomic E-state index is 0.121. The van der Waals surface area contributed by atoms with E-state index in [9.17, 15) is 0 Å². The predicted octanol–water partition coefficient (Wildman–Crippen LogP) is 2.16. The van der Waals surface area contributed by atoms with Crippen LogP contribution in [0.25, 0.3) is 0 Å². The summed E-state index contributed by atoms with van der Waals surface area (Å²) in [5, 5.41) is 0. The van der Waals surface area contributed by atoms with E-state index in [1.807, 2.05) is 27.7 Å². The Kier molecular flexibility index (Phi) is 6.38. The molecule has 3 radical (unpaired) electrons. The highest BCUT2D eigenvalue weighted by molar-refractivity contribution is 7.42. The maximum atomic E-state index is 5.28. The first-order chi connectivity index (χ1) is 5.06. The van der Waals surface area contributed by atoms with Crippen LogP contribution in [-0.4, -0.2) is 22.7 Å². The van der Waals surface area contributed by atoms with Crippen LogP contribution in [0.1, 0.15) is 27.7 Å². The van der Waals surface area contributed by atoms with Crippen molar-refractivity contribution in [1.82, 2.24) is 0 Å². The van der Waals surface area contributed by atoms with Gasteiger partial charge < -0.3 is 13.3 Å². The van der Waals surface area contributed by atoms with Crippen molar-refractivity contribution < 1.29 is 13.3 Å². The standard InChI is InChI=1S/C6H14O3PSi/c1-5(2)7-10(9-11)8-6(3)4/h5-6H,1-4H3. The lowest BCUT2D eigenvalue weighted by Gasteiger charge is -2.18. The maximum Gasteiger partial charge on any atom is 0.321 e. The molecule has 11 heavy (non-hydrogen) atoms. The fraction of sp³-hybridized carbons (Fsp3) is 1.00. The van der Waals surface area contributed by atoms with Gasteiger partial charge >= 0.3 is 8.60 Å². The molecule has 0 unspecified atom stereocenters. The van der Waals surface area contributed by atoms with Crippen molar-refractivity contribution in [2.45, 2.75) is 39.9 Å². The van der Waals surface area contributed by atoms with E-state index >= 15 is 0 Å². The second-order valence-corrected chi connectivity index (χ2v) is 4.22. The third kappa shape index (κ3) is 6.91. The molecule has 0 aromatic heterocycles. The minimum atomic E-state index is -1.22. The quantitative estimate of drug-likeness (QED) is 0.494. The molecular weight excluding hydrogens is 179 g/mol. The zero-order chi connectivity index (χ0) is 8.85. The van der Waals surface area contributed by atoms with Gasteiger partial charge in [-0.15, -0.1) is 0 Å². The molecule has 0 heterocycles. The molecule has 0 atom stereocenters. The highest BCUT2D eigenvalue weighted by Gasteiger charge is 2.13. The topological polar surface area (TPSA) is 27.7 Å². The lowest BCUT2D eigenvalue weighted by molar-refractivity contribution is 0.146. The van der Waals surface area contributed by atoms with Crippen LogP contribution in [0.3, 0.4) is 0 Å². The Morgan fingerprint density at radius 3 is 1.55 bits per heavy atom. The van der Waals surface area contributed by atoms with Crippen LogP contribution in [-0.2, 0) is 13.3 Å². The zero-order valence-electron chi connectivity index (χ0n) is 7.33. The van der Waals surface area contributed by atoms with E-state index in [0.29, 0.717) is 0 Å². The molecule has 0 amide bonds. The average Bonchev–Trinajstić information content (AvgIpc) is 1.84. The monoisotopic (exact) mass is 193 g/mol. The van der Waals surface area contributed by atoms with Crippen LogP contribution in [0, 0.1) is 0 Å². The zero-order valence-corrected chi connectivity index (χ0v) is 9.22. The Labute approximate surface area is 73.0 Å². The third-order valence-electron chi connectivity index (χ3n) is 0.668. The van der Waals surface area contributed by atoms with Gasteiger partial charge in [-0.25, -0.2) is 0 Å². The molecule has 0 spiro atoms. The van der Waals surface area contributed by atoms with E-state index in [4.69, 9.17) is 13.3 Å². The molecular formula is C6H14O3PSi. The van der Waals surface area contributed by atoms with Gasteiger partial charge in [0, 0.05) is 0 Å². The Hall–Kier alpha value is 0.527. The SMILES string of the molecule is CC(C)OP(O[Si])OC(C)C. The number of hydrogen-bond donors (Lipinski definition) is 0. The fourth-order valence-electron chi connectivity index (χ4n) is 0.412. The summed E-state index contributed by atoms with van der Waals surface area (Å²) in [7, 11) is 1.67. The maximum absolute atomic E-state index is 5.28. The van der Waals surface area contributed by atoms with Gasteiger partial charge in [0.25, 0.3) is 10.5 Å².